The third-order valence-corrected chi connectivity index (χ3v) is 7.89. The number of aromatic hydroxyl groups is 1. The van der Waals surface area contributed by atoms with Crippen LogP contribution in [0.15, 0.2) is 34.1 Å². The van der Waals surface area contributed by atoms with E-state index in [0.29, 0.717) is 29.3 Å². The van der Waals surface area contributed by atoms with Crippen LogP contribution in [0.25, 0.3) is 10.9 Å². The number of rotatable bonds is 2. The second-order valence-electron chi connectivity index (χ2n) is 9.63. The number of aromatic amines is 1. The van der Waals surface area contributed by atoms with Crippen LogP contribution in [0.1, 0.15) is 42.5 Å². The second-order valence-corrected chi connectivity index (χ2v) is 9.63. The van der Waals surface area contributed by atoms with Gasteiger partial charge < -0.3 is 15.4 Å². The van der Waals surface area contributed by atoms with Gasteiger partial charge in [-0.15, -0.1) is 0 Å². The summed E-state index contributed by atoms with van der Waals surface area (Å²) in [6.45, 7) is 0.655. The van der Waals surface area contributed by atoms with Gasteiger partial charge in [-0.3, -0.25) is 19.9 Å². The number of para-hydroxylation sites is 1. The lowest BCUT2D eigenvalue weighted by Gasteiger charge is -2.56. The average molecular weight is 406 g/mol. The van der Waals surface area contributed by atoms with Gasteiger partial charge in [-0.25, -0.2) is 0 Å². The largest absolute Gasteiger partial charge is 0.506 e. The van der Waals surface area contributed by atoms with E-state index in [1.165, 1.54) is 32.1 Å². The third kappa shape index (κ3) is 2.75. The number of fused-ring (bicyclic) bond motifs is 1. The maximum absolute atomic E-state index is 12.8. The smallest absolute Gasteiger partial charge is 0.267 e. The first-order valence-corrected chi connectivity index (χ1v) is 11.0. The Morgan fingerprint density at radius 3 is 2.50 bits per heavy atom. The van der Waals surface area contributed by atoms with E-state index in [1.807, 2.05) is 0 Å². The molecule has 1 amide bonds. The summed E-state index contributed by atoms with van der Waals surface area (Å²) in [5, 5.41) is 17.1. The van der Waals surface area contributed by atoms with E-state index in [4.69, 9.17) is 0 Å². The van der Waals surface area contributed by atoms with Crippen molar-refractivity contribution in [3.05, 3.63) is 40.2 Å². The summed E-state index contributed by atoms with van der Waals surface area (Å²) in [6, 6.07) is 7.12. The minimum absolute atomic E-state index is 0.249. The Morgan fingerprint density at radius 1 is 1.07 bits per heavy atom. The van der Waals surface area contributed by atoms with Crippen LogP contribution in [0, 0.1) is 29.6 Å². The fourth-order valence-corrected chi connectivity index (χ4v) is 6.98. The Morgan fingerprint density at radius 2 is 1.77 bits per heavy atom. The lowest BCUT2D eigenvalue weighted by molar-refractivity contribution is -0.0469. The van der Waals surface area contributed by atoms with E-state index < -0.39 is 11.5 Å². The topological polar surface area (TPSA) is 107 Å². The zero-order valence-corrected chi connectivity index (χ0v) is 16.7. The number of nitrogens with one attached hydrogen (secondary N) is 3. The molecule has 4 N–H and O–H groups in total. The molecule has 1 aromatic carbocycles. The van der Waals surface area contributed by atoms with Crippen LogP contribution in [-0.4, -0.2) is 34.5 Å². The number of pyridine rings is 1. The van der Waals surface area contributed by atoms with Crippen molar-refractivity contribution in [2.45, 2.75) is 38.1 Å². The van der Waals surface area contributed by atoms with Gasteiger partial charge in [0.15, 0.2) is 5.96 Å². The molecule has 0 saturated heterocycles. The van der Waals surface area contributed by atoms with Crippen molar-refractivity contribution in [3.63, 3.8) is 0 Å². The Kier molecular flexibility index (Phi) is 3.95. The predicted molar refractivity (Wildman–Crippen MR) is 113 cm³/mol. The first-order chi connectivity index (χ1) is 14.6. The molecular weight excluding hydrogens is 380 g/mol. The highest BCUT2D eigenvalue weighted by Crippen LogP contribution is 2.57. The van der Waals surface area contributed by atoms with Crippen molar-refractivity contribution in [2.75, 3.05) is 6.54 Å². The van der Waals surface area contributed by atoms with Gasteiger partial charge in [0.05, 0.1) is 18.1 Å². The van der Waals surface area contributed by atoms with Crippen molar-refractivity contribution in [2.24, 2.45) is 34.6 Å². The summed E-state index contributed by atoms with van der Waals surface area (Å²) < 4.78 is 0. The molecule has 1 aromatic heterocycles. The van der Waals surface area contributed by atoms with Crippen LogP contribution in [0.5, 0.6) is 5.75 Å². The maximum Gasteiger partial charge on any atom is 0.267 e. The zero-order chi connectivity index (χ0) is 20.4. The summed E-state index contributed by atoms with van der Waals surface area (Å²) in [4.78, 5) is 32.4. The van der Waals surface area contributed by atoms with Gasteiger partial charge in [-0.1, -0.05) is 12.1 Å². The summed E-state index contributed by atoms with van der Waals surface area (Å²) in [7, 11) is 0. The fraction of sp³-hybridized carbons (Fsp3) is 0.522. The van der Waals surface area contributed by atoms with Crippen LogP contribution in [0.2, 0.25) is 0 Å². The number of benzene rings is 1. The number of guanidine groups is 1. The quantitative estimate of drug-likeness (QED) is 0.614. The van der Waals surface area contributed by atoms with E-state index in [9.17, 15) is 14.7 Å². The van der Waals surface area contributed by atoms with Crippen molar-refractivity contribution >= 4 is 22.8 Å². The van der Waals surface area contributed by atoms with Crippen LogP contribution in [0.4, 0.5) is 0 Å². The fourth-order valence-electron chi connectivity index (χ4n) is 6.98. The number of aromatic nitrogens is 1. The highest BCUT2D eigenvalue weighted by molar-refractivity contribution is 6.09. The minimum atomic E-state index is -0.642. The molecule has 1 aliphatic heterocycles. The van der Waals surface area contributed by atoms with Gasteiger partial charge in [-0.05, 0) is 73.8 Å². The van der Waals surface area contributed by atoms with Crippen molar-refractivity contribution in [1.82, 2.24) is 15.6 Å². The van der Waals surface area contributed by atoms with Gasteiger partial charge in [0.1, 0.15) is 11.3 Å². The normalized spacial score (nSPS) is 34.1. The van der Waals surface area contributed by atoms with Crippen molar-refractivity contribution in [1.29, 1.82) is 0 Å². The number of aliphatic imine (C=N–C) groups is 1. The molecule has 2 heterocycles. The highest BCUT2D eigenvalue weighted by atomic mass is 16.3. The lowest BCUT2D eigenvalue weighted by atomic mass is 9.50. The number of amides is 1. The molecule has 4 aliphatic carbocycles. The average Bonchev–Trinajstić information content (AvgIpc) is 3.15. The molecule has 5 aliphatic rings. The molecule has 4 bridgehead atoms. The molecule has 0 spiro atoms. The Balaban J connectivity index is 1.19. The number of H-pyrrole nitrogens is 1. The minimum Gasteiger partial charge on any atom is -0.506 e. The predicted octanol–water partition coefficient (Wildman–Crippen LogP) is 2.36. The van der Waals surface area contributed by atoms with Gasteiger partial charge in [0.2, 0.25) is 0 Å². The van der Waals surface area contributed by atoms with E-state index >= 15 is 0 Å². The van der Waals surface area contributed by atoms with E-state index in [0.717, 1.165) is 23.7 Å². The van der Waals surface area contributed by atoms with Crippen LogP contribution < -0.4 is 16.2 Å². The number of carbonyl (C=O) groups is 1. The van der Waals surface area contributed by atoms with E-state index in [-0.39, 0.29) is 17.4 Å². The molecule has 4 saturated carbocycles. The van der Waals surface area contributed by atoms with Gasteiger partial charge >= 0.3 is 0 Å². The summed E-state index contributed by atoms with van der Waals surface area (Å²) >= 11 is 0. The molecule has 156 valence electrons. The van der Waals surface area contributed by atoms with Crippen LogP contribution in [0.3, 0.4) is 0 Å². The zero-order valence-electron chi connectivity index (χ0n) is 16.7. The van der Waals surface area contributed by atoms with Crippen LogP contribution in [-0.2, 0) is 0 Å². The molecule has 7 nitrogen and oxygen atoms in total. The number of carbonyl (C=O) groups excluding carboxylic acids is 1. The molecule has 7 rings (SSSR count). The molecule has 4 fully saturated rings. The standard InChI is InChI=1S/C23H26N4O3/c28-20-15-3-1-2-4-16(15)25-21(29)19(20)22(30)27-23-24-10-17(26-23)18-13-6-11-5-12(8-13)9-14(18)7-11/h1-4,11-14,17-18H,5-10H2,(H2,25,28,29)(H2,24,26,27,30). The molecule has 2 aromatic rings. The molecule has 30 heavy (non-hydrogen) atoms. The number of hydrogen-bond acceptors (Lipinski definition) is 5. The maximum atomic E-state index is 12.8. The number of hydrogen-bond donors (Lipinski definition) is 4. The molecular formula is C23H26N4O3. The summed E-state index contributed by atoms with van der Waals surface area (Å²) in [5.41, 5.74) is -0.397. The SMILES string of the molecule is O=C(NC1=NCC(C2C3CC4CC(C3)CC2C4)N1)c1c(O)c2ccccc2[nH]c1=O. The first kappa shape index (κ1) is 18.0. The first-order valence-electron chi connectivity index (χ1n) is 11.0. The third-order valence-electron chi connectivity index (χ3n) is 7.89. The number of nitrogens with zero attached hydrogens (tertiary/aromatic N) is 1. The molecule has 7 heteroatoms. The Bertz CT molecular complexity index is 1090. The second kappa shape index (κ2) is 6.59. The lowest BCUT2D eigenvalue weighted by Crippen LogP contribution is -2.54. The van der Waals surface area contributed by atoms with E-state index in [1.54, 1.807) is 24.3 Å². The van der Waals surface area contributed by atoms with Crippen molar-refractivity contribution in [3.8, 4) is 5.75 Å². The Hall–Kier alpha value is -2.83. The van der Waals surface area contributed by atoms with Gasteiger partial charge in [-0.2, -0.15) is 0 Å². The highest BCUT2D eigenvalue weighted by Gasteiger charge is 2.51. The summed E-state index contributed by atoms with van der Waals surface area (Å²) in [5.74, 6) is 3.48. The summed E-state index contributed by atoms with van der Waals surface area (Å²) in [6.07, 6.45) is 6.81. The van der Waals surface area contributed by atoms with Crippen LogP contribution >= 0.6 is 0 Å². The monoisotopic (exact) mass is 406 g/mol. The van der Waals surface area contributed by atoms with Gasteiger partial charge in [0.25, 0.3) is 11.5 Å². The van der Waals surface area contributed by atoms with Crippen molar-refractivity contribution < 1.29 is 9.90 Å². The van der Waals surface area contributed by atoms with E-state index in [2.05, 4.69) is 20.6 Å². The molecule has 0 radical (unpaired) electrons. The Labute approximate surface area is 174 Å². The molecule has 1 atom stereocenters. The molecule has 1 unspecified atom stereocenters. The van der Waals surface area contributed by atoms with Gasteiger partial charge in [0, 0.05) is 5.39 Å².